The molecule has 4 rings (SSSR count). The van der Waals surface area contributed by atoms with Gasteiger partial charge in [-0.3, -0.25) is 9.69 Å². The van der Waals surface area contributed by atoms with Crippen molar-refractivity contribution in [1.29, 1.82) is 0 Å². The monoisotopic (exact) mass is 481 g/mol. The quantitative estimate of drug-likeness (QED) is 0.306. The molecule has 0 radical (unpaired) electrons. The summed E-state index contributed by atoms with van der Waals surface area (Å²) in [5.74, 6) is 0.515. The Morgan fingerprint density at radius 3 is 2.77 bits per heavy atom. The number of carbonyl (C=O) groups excluding carboxylic acids is 1. The van der Waals surface area contributed by atoms with Gasteiger partial charge in [0.15, 0.2) is 5.17 Å². The number of hydrogen-bond acceptors (Lipinski definition) is 6. The Hall–Kier alpha value is -3.10. The molecule has 1 aliphatic rings. The highest BCUT2D eigenvalue weighted by atomic mass is 79.9. The van der Waals surface area contributed by atoms with Gasteiger partial charge in [-0.15, -0.1) is 5.10 Å². The van der Waals surface area contributed by atoms with E-state index in [-0.39, 0.29) is 18.2 Å². The number of hydrogen-bond donors (Lipinski definition) is 1. The summed E-state index contributed by atoms with van der Waals surface area (Å²) in [6, 6.07) is 18.1. The molecule has 8 heteroatoms. The van der Waals surface area contributed by atoms with Crippen molar-refractivity contribution in [3.8, 4) is 5.75 Å². The summed E-state index contributed by atoms with van der Waals surface area (Å²) in [6.07, 6.45) is 4.83. The van der Waals surface area contributed by atoms with E-state index in [9.17, 15) is 9.90 Å². The van der Waals surface area contributed by atoms with Crippen LogP contribution >= 0.6 is 27.7 Å². The van der Waals surface area contributed by atoms with Gasteiger partial charge >= 0.3 is 0 Å². The number of benzene rings is 2. The van der Waals surface area contributed by atoms with Gasteiger partial charge in [0.05, 0.1) is 23.9 Å². The molecule has 150 valence electrons. The summed E-state index contributed by atoms with van der Waals surface area (Å²) in [6.45, 7) is 0.238. The van der Waals surface area contributed by atoms with Crippen LogP contribution in [0.25, 0.3) is 6.08 Å². The van der Waals surface area contributed by atoms with Gasteiger partial charge in [0.1, 0.15) is 11.5 Å². The van der Waals surface area contributed by atoms with Crippen molar-refractivity contribution in [3.05, 3.63) is 93.2 Å². The molecule has 0 bridgehead atoms. The first-order valence-electron chi connectivity index (χ1n) is 8.98. The molecule has 1 fully saturated rings. The van der Waals surface area contributed by atoms with E-state index in [0.29, 0.717) is 21.4 Å². The summed E-state index contributed by atoms with van der Waals surface area (Å²) >= 11 is 4.63. The van der Waals surface area contributed by atoms with Gasteiger partial charge < -0.3 is 9.52 Å². The second kappa shape index (κ2) is 9.15. The van der Waals surface area contributed by atoms with E-state index in [2.05, 4.69) is 26.1 Å². The first kappa shape index (κ1) is 20.2. The van der Waals surface area contributed by atoms with E-state index < -0.39 is 0 Å². The van der Waals surface area contributed by atoms with Crippen molar-refractivity contribution in [2.75, 3.05) is 0 Å². The third kappa shape index (κ3) is 4.72. The topological polar surface area (TPSA) is 78.4 Å². The Morgan fingerprint density at radius 2 is 2.00 bits per heavy atom. The molecule has 0 aliphatic carbocycles. The van der Waals surface area contributed by atoms with Crippen molar-refractivity contribution >= 4 is 51.1 Å². The van der Waals surface area contributed by atoms with E-state index in [4.69, 9.17) is 4.42 Å². The number of nitrogens with zero attached hydrogens (tertiary/aromatic N) is 3. The summed E-state index contributed by atoms with van der Waals surface area (Å²) in [5, 5.41) is 18.9. The molecule has 30 heavy (non-hydrogen) atoms. The Balaban J connectivity index is 1.64. The average molecular weight is 482 g/mol. The van der Waals surface area contributed by atoms with Crippen LogP contribution in [0.4, 0.5) is 0 Å². The zero-order chi connectivity index (χ0) is 20.9. The van der Waals surface area contributed by atoms with Crippen LogP contribution < -0.4 is 0 Å². The molecule has 1 aromatic heterocycles. The normalized spacial score (nSPS) is 17.0. The zero-order valence-electron chi connectivity index (χ0n) is 15.6. The number of aromatic hydroxyl groups is 1. The lowest BCUT2D eigenvalue weighted by Gasteiger charge is -2.12. The van der Waals surface area contributed by atoms with Crippen molar-refractivity contribution in [1.82, 2.24) is 4.90 Å². The summed E-state index contributed by atoms with van der Waals surface area (Å²) in [5.41, 5.74) is 1.44. The minimum atomic E-state index is -0.226. The fraction of sp³-hybridized carbons (Fsp3) is 0.0455. The number of thioether (sulfide) groups is 1. The van der Waals surface area contributed by atoms with Gasteiger partial charge in [0, 0.05) is 10.0 Å². The van der Waals surface area contributed by atoms with Crippen LogP contribution in [0.1, 0.15) is 16.9 Å². The van der Waals surface area contributed by atoms with Crippen LogP contribution in [-0.4, -0.2) is 27.3 Å². The molecule has 1 aliphatic heterocycles. The second-order valence-electron chi connectivity index (χ2n) is 6.32. The lowest BCUT2D eigenvalue weighted by molar-refractivity contribution is -0.122. The SMILES string of the molecule is O=C1/C(=C/c2ccccc2O)S/C(=N/N=C\c2cccc(Br)c2)N1Cc1ccco1. The number of amidine groups is 1. The maximum Gasteiger partial charge on any atom is 0.267 e. The van der Waals surface area contributed by atoms with Crippen molar-refractivity contribution in [2.45, 2.75) is 6.54 Å². The summed E-state index contributed by atoms with van der Waals surface area (Å²) < 4.78 is 6.33. The molecular formula is C22H16BrN3O3S. The van der Waals surface area contributed by atoms with Crippen LogP contribution in [0, 0.1) is 0 Å². The van der Waals surface area contributed by atoms with Crippen molar-refractivity contribution in [3.63, 3.8) is 0 Å². The van der Waals surface area contributed by atoms with E-state index in [0.717, 1.165) is 10.0 Å². The summed E-state index contributed by atoms with van der Waals surface area (Å²) in [7, 11) is 0. The molecule has 1 N–H and O–H groups in total. The van der Waals surface area contributed by atoms with Gasteiger partial charge in [0.2, 0.25) is 0 Å². The minimum absolute atomic E-state index is 0.106. The number of furan rings is 1. The number of amides is 1. The largest absolute Gasteiger partial charge is 0.507 e. The molecule has 2 aromatic carbocycles. The van der Waals surface area contributed by atoms with Crippen LogP contribution in [-0.2, 0) is 11.3 Å². The molecule has 1 saturated heterocycles. The van der Waals surface area contributed by atoms with Crippen molar-refractivity contribution in [2.24, 2.45) is 10.2 Å². The van der Waals surface area contributed by atoms with Gasteiger partial charge in [-0.2, -0.15) is 5.10 Å². The predicted octanol–water partition coefficient (Wildman–Crippen LogP) is 5.25. The van der Waals surface area contributed by atoms with E-state index in [1.54, 1.807) is 55.0 Å². The fourth-order valence-electron chi connectivity index (χ4n) is 2.76. The Bertz CT molecular complexity index is 1160. The van der Waals surface area contributed by atoms with Crippen molar-refractivity contribution < 1.29 is 14.3 Å². The smallest absolute Gasteiger partial charge is 0.267 e. The maximum absolute atomic E-state index is 13.0. The Kier molecular flexibility index (Phi) is 6.15. The average Bonchev–Trinajstić information content (AvgIpc) is 3.34. The van der Waals surface area contributed by atoms with E-state index >= 15 is 0 Å². The molecular weight excluding hydrogens is 466 g/mol. The van der Waals surface area contributed by atoms with Gasteiger partial charge in [-0.25, -0.2) is 0 Å². The van der Waals surface area contributed by atoms with E-state index in [1.807, 2.05) is 24.3 Å². The molecule has 2 heterocycles. The molecule has 0 unspecified atom stereocenters. The first-order valence-corrected chi connectivity index (χ1v) is 10.6. The number of phenolic OH excluding ortho intramolecular Hbond substituents is 1. The number of phenols is 1. The lowest BCUT2D eigenvalue weighted by Crippen LogP contribution is -2.28. The highest BCUT2D eigenvalue weighted by Gasteiger charge is 2.34. The number of rotatable bonds is 5. The molecule has 0 spiro atoms. The lowest BCUT2D eigenvalue weighted by atomic mass is 10.2. The fourth-order valence-corrected chi connectivity index (χ4v) is 4.11. The zero-order valence-corrected chi connectivity index (χ0v) is 18.0. The van der Waals surface area contributed by atoms with Gasteiger partial charge in [-0.1, -0.05) is 46.3 Å². The summed E-state index contributed by atoms with van der Waals surface area (Å²) in [4.78, 5) is 15.0. The van der Waals surface area contributed by atoms with Crippen LogP contribution in [0.5, 0.6) is 5.75 Å². The predicted molar refractivity (Wildman–Crippen MR) is 122 cm³/mol. The Labute approximate surface area is 185 Å². The number of para-hydroxylation sites is 1. The number of carbonyl (C=O) groups is 1. The van der Waals surface area contributed by atoms with E-state index in [1.165, 1.54) is 16.7 Å². The second-order valence-corrected chi connectivity index (χ2v) is 8.25. The molecule has 3 aromatic rings. The van der Waals surface area contributed by atoms with Crippen LogP contribution in [0.15, 0.2) is 90.9 Å². The highest BCUT2D eigenvalue weighted by Crippen LogP contribution is 2.35. The maximum atomic E-state index is 13.0. The standard InChI is InChI=1S/C22H16BrN3O3S/c23-17-7-3-5-15(11-17)13-24-25-22-26(14-18-8-4-10-29-18)21(28)20(30-22)12-16-6-1-2-9-19(16)27/h1-13,27H,14H2/b20-12-,24-13-,25-22+. The minimum Gasteiger partial charge on any atom is -0.507 e. The highest BCUT2D eigenvalue weighted by molar-refractivity contribution is 9.10. The molecule has 6 nitrogen and oxygen atoms in total. The molecule has 0 atom stereocenters. The molecule has 0 saturated carbocycles. The van der Waals surface area contributed by atoms with Crippen LogP contribution in [0.2, 0.25) is 0 Å². The Morgan fingerprint density at radius 1 is 1.13 bits per heavy atom. The third-order valence-electron chi connectivity index (χ3n) is 4.20. The van der Waals surface area contributed by atoms with Gasteiger partial charge in [-0.05, 0) is 53.7 Å². The first-order chi connectivity index (χ1) is 14.6. The molecule has 1 amide bonds. The third-order valence-corrected chi connectivity index (χ3v) is 5.69. The number of halogens is 1. The van der Waals surface area contributed by atoms with Gasteiger partial charge in [0.25, 0.3) is 5.91 Å². The van der Waals surface area contributed by atoms with Crippen LogP contribution in [0.3, 0.4) is 0 Å².